The molecule has 138 valence electrons. The number of nitrogens with zero attached hydrogens (tertiary/aromatic N) is 3. The first-order valence-corrected chi connectivity index (χ1v) is 9.38. The molecule has 0 aliphatic carbocycles. The predicted octanol–water partition coefficient (Wildman–Crippen LogP) is 5.05. The maximum absolute atomic E-state index is 11.7. The Hall–Kier alpha value is -2.63. The van der Waals surface area contributed by atoms with Crippen molar-refractivity contribution < 1.29 is 4.92 Å². The van der Waals surface area contributed by atoms with Crippen LogP contribution in [0.2, 0.25) is 5.02 Å². The normalized spacial score (nSPS) is 17.3. The van der Waals surface area contributed by atoms with Gasteiger partial charge in [0.05, 0.1) is 16.5 Å². The van der Waals surface area contributed by atoms with Gasteiger partial charge < -0.3 is 4.57 Å². The summed E-state index contributed by atoms with van der Waals surface area (Å²) >= 11 is 6.17. The first kappa shape index (κ1) is 17.8. The van der Waals surface area contributed by atoms with Gasteiger partial charge in [-0.05, 0) is 36.2 Å². The number of hydrogen-bond donors (Lipinski definition) is 0. The Morgan fingerprint density at radius 3 is 2.74 bits per heavy atom. The fraction of sp³-hybridized carbons (Fsp3) is 0.238. The van der Waals surface area contributed by atoms with Crippen molar-refractivity contribution in [1.29, 1.82) is 0 Å². The van der Waals surface area contributed by atoms with E-state index in [1.165, 1.54) is 0 Å². The lowest BCUT2D eigenvalue weighted by Gasteiger charge is -2.30. The van der Waals surface area contributed by atoms with Gasteiger partial charge in [0.15, 0.2) is 0 Å². The number of rotatable bonds is 4. The van der Waals surface area contributed by atoms with E-state index >= 15 is 0 Å². The van der Waals surface area contributed by atoms with Crippen LogP contribution in [0.15, 0.2) is 66.9 Å². The lowest BCUT2D eigenvalue weighted by Crippen LogP contribution is -2.30. The molecule has 0 saturated carbocycles. The first-order valence-electron chi connectivity index (χ1n) is 9.00. The van der Waals surface area contributed by atoms with Crippen molar-refractivity contribution in [3.8, 4) is 0 Å². The van der Waals surface area contributed by atoms with E-state index < -0.39 is 0 Å². The number of halogens is 1. The molecule has 1 atom stereocenters. The van der Waals surface area contributed by atoms with E-state index in [0.717, 1.165) is 36.3 Å². The van der Waals surface area contributed by atoms with Gasteiger partial charge >= 0.3 is 0 Å². The summed E-state index contributed by atoms with van der Waals surface area (Å²) in [6, 6.07) is 18.8. The Morgan fingerprint density at radius 1 is 1.07 bits per heavy atom. The van der Waals surface area contributed by atoms with Gasteiger partial charge in [0, 0.05) is 42.6 Å². The molecule has 2 heterocycles. The van der Waals surface area contributed by atoms with Crippen LogP contribution in [-0.4, -0.2) is 20.9 Å². The van der Waals surface area contributed by atoms with E-state index in [2.05, 4.69) is 21.7 Å². The monoisotopic (exact) mass is 381 g/mol. The minimum absolute atomic E-state index is 0.160. The average molecular weight is 382 g/mol. The Bertz CT molecular complexity index is 969. The lowest BCUT2D eigenvalue weighted by molar-refractivity contribution is -0.385. The summed E-state index contributed by atoms with van der Waals surface area (Å²) in [6.45, 7) is 2.44. The van der Waals surface area contributed by atoms with Gasteiger partial charge in [0.1, 0.15) is 0 Å². The molecule has 1 aliphatic heterocycles. The summed E-state index contributed by atoms with van der Waals surface area (Å²) < 4.78 is 2.21. The minimum atomic E-state index is -0.287. The molecule has 1 aromatic heterocycles. The third kappa shape index (κ3) is 3.61. The minimum Gasteiger partial charge on any atom is -0.350 e. The first-order chi connectivity index (χ1) is 13.1. The van der Waals surface area contributed by atoms with E-state index in [1.54, 1.807) is 12.1 Å². The van der Waals surface area contributed by atoms with Crippen LogP contribution in [0.4, 0.5) is 5.69 Å². The second-order valence-corrected chi connectivity index (χ2v) is 7.24. The van der Waals surface area contributed by atoms with Crippen LogP contribution in [0.5, 0.6) is 0 Å². The lowest BCUT2D eigenvalue weighted by atomic mass is 9.99. The van der Waals surface area contributed by atoms with Crippen LogP contribution in [0.25, 0.3) is 0 Å². The highest BCUT2D eigenvalue weighted by molar-refractivity contribution is 6.30. The average Bonchev–Trinajstić information content (AvgIpc) is 3.03. The maximum atomic E-state index is 11.7. The maximum Gasteiger partial charge on any atom is 0.274 e. The molecule has 27 heavy (non-hydrogen) atoms. The molecule has 3 aromatic rings. The molecule has 0 spiro atoms. The van der Waals surface area contributed by atoms with Crippen LogP contribution >= 0.6 is 11.6 Å². The van der Waals surface area contributed by atoms with Crippen molar-refractivity contribution in [2.75, 3.05) is 6.54 Å². The summed E-state index contributed by atoms with van der Waals surface area (Å²) in [5, 5.41) is 12.4. The standard InChI is InChI=1S/C21H20ClN3O2/c22-17-7-3-6-16(14-17)15-24-13-5-12-23-11-4-10-20(23)21(24)18-8-1-2-9-19(18)25(26)27/h1-4,6-11,14,21H,5,12-13,15H2. The zero-order valence-corrected chi connectivity index (χ0v) is 15.5. The van der Waals surface area contributed by atoms with Crippen molar-refractivity contribution in [1.82, 2.24) is 9.47 Å². The largest absolute Gasteiger partial charge is 0.350 e. The molecular formula is C21H20ClN3O2. The van der Waals surface area contributed by atoms with Crippen molar-refractivity contribution >= 4 is 17.3 Å². The Labute approximate surface area is 162 Å². The number of fused-ring (bicyclic) bond motifs is 1. The highest BCUT2D eigenvalue weighted by atomic mass is 35.5. The summed E-state index contributed by atoms with van der Waals surface area (Å²) in [5.74, 6) is 0. The molecule has 6 heteroatoms. The third-order valence-electron chi connectivity index (χ3n) is 5.06. The van der Waals surface area contributed by atoms with Crippen LogP contribution in [-0.2, 0) is 13.1 Å². The summed E-state index contributed by atoms with van der Waals surface area (Å²) in [4.78, 5) is 13.7. The SMILES string of the molecule is O=[N+]([O-])c1ccccc1C1c2cccn2CCCN1Cc1cccc(Cl)c1. The van der Waals surface area contributed by atoms with Crippen molar-refractivity contribution in [2.45, 2.75) is 25.6 Å². The third-order valence-corrected chi connectivity index (χ3v) is 5.29. The number of hydrogen-bond acceptors (Lipinski definition) is 3. The van der Waals surface area contributed by atoms with Crippen molar-refractivity contribution in [3.63, 3.8) is 0 Å². The van der Waals surface area contributed by atoms with Gasteiger partial charge in [0.2, 0.25) is 0 Å². The Balaban J connectivity index is 1.81. The Morgan fingerprint density at radius 2 is 1.93 bits per heavy atom. The summed E-state index contributed by atoms with van der Waals surface area (Å²) in [6.07, 6.45) is 3.04. The van der Waals surface area contributed by atoms with Gasteiger partial charge in [-0.25, -0.2) is 0 Å². The molecule has 0 fully saturated rings. The van der Waals surface area contributed by atoms with Gasteiger partial charge in [-0.1, -0.05) is 41.9 Å². The van der Waals surface area contributed by atoms with E-state index in [4.69, 9.17) is 11.6 Å². The zero-order valence-electron chi connectivity index (χ0n) is 14.8. The van der Waals surface area contributed by atoms with E-state index in [9.17, 15) is 10.1 Å². The molecule has 0 bridgehead atoms. The molecule has 1 aliphatic rings. The number of para-hydroxylation sites is 1. The van der Waals surface area contributed by atoms with Gasteiger partial charge in [-0.3, -0.25) is 15.0 Å². The number of benzene rings is 2. The summed E-state index contributed by atoms with van der Waals surface area (Å²) in [5.41, 5.74) is 3.08. The van der Waals surface area contributed by atoms with Crippen LogP contribution < -0.4 is 0 Å². The Kier molecular flexibility index (Phi) is 4.97. The predicted molar refractivity (Wildman–Crippen MR) is 106 cm³/mol. The molecule has 0 saturated heterocycles. The number of aryl methyl sites for hydroxylation is 1. The molecule has 0 radical (unpaired) electrons. The van der Waals surface area contributed by atoms with E-state index in [0.29, 0.717) is 11.6 Å². The van der Waals surface area contributed by atoms with Crippen LogP contribution in [0, 0.1) is 10.1 Å². The van der Waals surface area contributed by atoms with Gasteiger partial charge in [0.25, 0.3) is 5.69 Å². The fourth-order valence-corrected chi connectivity index (χ4v) is 4.13. The van der Waals surface area contributed by atoms with Crippen LogP contribution in [0.1, 0.15) is 29.3 Å². The fourth-order valence-electron chi connectivity index (χ4n) is 3.92. The van der Waals surface area contributed by atoms with Gasteiger partial charge in [-0.2, -0.15) is 0 Å². The molecule has 1 unspecified atom stereocenters. The van der Waals surface area contributed by atoms with Gasteiger partial charge in [-0.15, -0.1) is 0 Å². The highest BCUT2D eigenvalue weighted by Crippen LogP contribution is 2.37. The number of nitro benzene ring substituents is 1. The number of aromatic nitrogens is 1. The topological polar surface area (TPSA) is 51.3 Å². The zero-order chi connectivity index (χ0) is 18.8. The number of nitro groups is 1. The van der Waals surface area contributed by atoms with E-state index in [1.807, 2.05) is 42.5 Å². The highest BCUT2D eigenvalue weighted by Gasteiger charge is 2.32. The molecular weight excluding hydrogens is 362 g/mol. The summed E-state index contributed by atoms with van der Waals surface area (Å²) in [7, 11) is 0. The second kappa shape index (κ2) is 7.55. The molecule has 0 N–H and O–H groups in total. The van der Waals surface area contributed by atoms with Crippen LogP contribution in [0.3, 0.4) is 0 Å². The second-order valence-electron chi connectivity index (χ2n) is 6.80. The molecule has 0 amide bonds. The molecule has 4 rings (SSSR count). The quantitative estimate of drug-likeness (QED) is 0.469. The molecule has 2 aromatic carbocycles. The van der Waals surface area contributed by atoms with Crippen molar-refractivity contribution in [3.05, 3.63) is 98.8 Å². The smallest absolute Gasteiger partial charge is 0.274 e. The molecule has 5 nitrogen and oxygen atoms in total. The van der Waals surface area contributed by atoms with Crippen molar-refractivity contribution in [2.24, 2.45) is 0 Å². The van der Waals surface area contributed by atoms with E-state index in [-0.39, 0.29) is 16.7 Å².